The van der Waals surface area contributed by atoms with E-state index in [0.29, 0.717) is 12.0 Å². The quantitative estimate of drug-likeness (QED) is 0.849. The van der Waals surface area contributed by atoms with Crippen molar-refractivity contribution in [3.8, 4) is 0 Å². The fraction of sp³-hybridized carbons (Fsp3) is 0.667. The number of aromatic nitrogens is 2. The third kappa shape index (κ3) is 2.83. The molecular weight excluding hydrogens is 270 g/mol. The van der Waals surface area contributed by atoms with Crippen molar-refractivity contribution in [3.05, 3.63) is 17.3 Å². The Balaban J connectivity index is 2.46. The normalized spacial score (nSPS) is 11.9. The van der Waals surface area contributed by atoms with E-state index >= 15 is 0 Å². The van der Waals surface area contributed by atoms with Crippen LogP contribution in [0.2, 0.25) is 0 Å². The highest BCUT2D eigenvalue weighted by Gasteiger charge is 2.24. The molecule has 2 aromatic heterocycles. The predicted molar refractivity (Wildman–Crippen MR) is 85.5 cm³/mol. The molecule has 0 aliphatic heterocycles. The average molecular weight is 295 g/mol. The summed E-state index contributed by atoms with van der Waals surface area (Å²) in [4.78, 5) is 8.11. The van der Waals surface area contributed by atoms with Crippen LogP contribution in [0.4, 0.5) is 5.82 Å². The van der Waals surface area contributed by atoms with Crippen LogP contribution >= 0.6 is 11.3 Å². The van der Waals surface area contributed by atoms with Gasteiger partial charge in [-0.2, -0.15) is 0 Å². The number of nitrogens with zero attached hydrogens (tertiary/aromatic N) is 3. The molecule has 0 bridgehead atoms. The third-order valence-electron chi connectivity index (χ3n) is 3.71. The Kier molecular flexibility index (Phi) is 5.05. The Bertz CT molecular complexity index is 542. The number of aliphatic hydroxyl groups is 1. The monoisotopic (exact) mass is 295 g/mol. The standard InChI is InChI=1S/C15H25N3OS/c1-5-12(6-2)18(9-11(3)4)14-13(10-19)17-7-8-20-15(17)16-14/h7-8,11-12,19H,5-6,9-10H2,1-4H3. The maximum Gasteiger partial charge on any atom is 0.195 e. The number of rotatable bonds is 7. The molecule has 2 rings (SSSR count). The molecule has 0 atom stereocenters. The van der Waals surface area contributed by atoms with E-state index in [0.717, 1.165) is 35.9 Å². The van der Waals surface area contributed by atoms with Crippen LogP contribution in [0.5, 0.6) is 0 Å². The minimum Gasteiger partial charge on any atom is -0.390 e. The maximum absolute atomic E-state index is 9.75. The molecule has 0 spiro atoms. The summed E-state index contributed by atoms with van der Waals surface area (Å²) < 4.78 is 2.01. The predicted octanol–water partition coefficient (Wildman–Crippen LogP) is 3.54. The van der Waals surface area contributed by atoms with Gasteiger partial charge in [0.1, 0.15) is 0 Å². The van der Waals surface area contributed by atoms with Crippen LogP contribution in [-0.2, 0) is 6.61 Å². The van der Waals surface area contributed by atoms with Crippen molar-refractivity contribution < 1.29 is 5.11 Å². The Labute approximate surface area is 125 Å². The molecule has 1 N–H and O–H groups in total. The molecule has 5 heteroatoms. The number of anilines is 1. The van der Waals surface area contributed by atoms with Crippen LogP contribution in [0.1, 0.15) is 46.2 Å². The van der Waals surface area contributed by atoms with Gasteiger partial charge >= 0.3 is 0 Å². The lowest BCUT2D eigenvalue weighted by atomic mass is 10.1. The van der Waals surface area contributed by atoms with Crippen LogP contribution in [0, 0.1) is 5.92 Å². The van der Waals surface area contributed by atoms with Gasteiger partial charge in [-0.1, -0.05) is 27.7 Å². The number of hydrogen-bond acceptors (Lipinski definition) is 4. The first kappa shape index (κ1) is 15.3. The number of hydrogen-bond donors (Lipinski definition) is 1. The highest BCUT2D eigenvalue weighted by molar-refractivity contribution is 7.15. The van der Waals surface area contributed by atoms with E-state index < -0.39 is 0 Å². The van der Waals surface area contributed by atoms with Crippen molar-refractivity contribution >= 4 is 22.1 Å². The summed E-state index contributed by atoms with van der Waals surface area (Å²) in [7, 11) is 0. The van der Waals surface area contributed by atoms with Crippen molar-refractivity contribution in [2.24, 2.45) is 5.92 Å². The Morgan fingerprint density at radius 2 is 2.05 bits per heavy atom. The molecular formula is C15H25N3OS. The van der Waals surface area contributed by atoms with Crippen LogP contribution in [0.3, 0.4) is 0 Å². The Morgan fingerprint density at radius 3 is 2.60 bits per heavy atom. The lowest BCUT2D eigenvalue weighted by Gasteiger charge is -2.33. The van der Waals surface area contributed by atoms with Crippen molar-refractivity contribution in [3.63, 3.8) is 0 Å². The second-order valence-electron chi connectivity index (χ2n) is 5.61. The van der Waals surface area contributed by atoms with Gasteiger partial charge < -0.3 is 10.0 Å². The first-order chi connectivity index (χ1) is 9.62. The number of imidazole rings is 1. The van der Waals surface area contributed by atoms with Gasteiger partial charge in [0, 0.05) is 24.2 Å². The summed E-state index contributed by atoms with van der Waals surface area (Å²) in [5, 5.41) is 11.8. The average Bonchev–Trinajstić information content (AvgIpc) is 2.98. The largest absolute Gasteiger partial charge is 0.390 e. The summed E-state index contributed by atoms with van der Waals surface area (Å²) in [6, 6.07) is 0.479. The Hall–Kier alpha value is -1.07. The van der Waals surface area contributed by atoms with Gasteiger partial charge in [-0.25, -0.2) is 4.98 Å². The van der Waals surface area contributed by atoms with Crippen molar-refractivity contribution in [1.82, 2.24) is 9.38 Å². The van der Waals surface area contributed by atoms with Gasteiger partial charge in [-0.15, -0.1) is 11.3 Å². The topological polar surface area (TPSA) is 40.8 Å². The molecule has 0 amide bonds. The Morgan fingerprint density at radius 1 is 1.35 bits per heavy atom. The zero-order valence-electron chi connectivity index (χ0n) is 12.8. The first-order valence-corrected chi connectivity index (χ1v) is 8.32. The molecule has 0 saturated carbocycles. The van der Waals surface area contributed by atoms with E-state index in [4.69, 9.17) is 4.98 Å². The van der Waals surface area contributed by atoms with Gasteiger partial charge in [0.2, 0.25) is 0 Å². The smallest absolute Gasteiger partial charge is 0.195 e. The van der Waals surface area contributed by atoms with E-state index in [9.17, 15) is 5.11 Å². The van der Waals surface area contributed by atoms with Crippen molar-refractivity contribution in [2.75, 3.05) is 11.4 Å². The lowest BCUT2D eigenvalue weighted by Crippen LogP contribution is -2.38. The molecule has 112 valence electrons. The van der Waals surface area contributed by atoms with Gasteiger partial charge in [-0.05, 0) is 18.8 Å². The number of thiazole rings is 1. The zero-order chi connectivity index (χ0) is 14.7. The van der Waals surface area contributed by atoms with Crippen molar-refractivity contribution in [1.29, 1.82) is 0 Å². The van der Waals surface area contributed by atoms with E-state index in [1.165, 1.54) is 0 Å². The molecule has 0 aliphatic carbocycles. The lowest BCUT2D eigenvalue weighted by molar-refractivity contribution is 0.275. The van der Waals surface area contributed by atoms with Crippen LogP contribution in [-0.4, -0.2) is 27.1 Å². The molecule has 0 fully saturated rings. The molecule has 0 aliphatic rings. The summed E-state index contributed by atoms with van der Waals surface area (Å²) in [6.07, 6.45) is 4.18. The fourth-order valence-corrected chi connectivity index (χ4v) is 3.46. The third-order valence-corrected chi connectivity index (χ3v) is 4.46. The number of aliphatic hydroxyl groups excluding tert-OH is 1. The molecule has 0 unspecified atom stereocenters. The second kappa shape index (κ2) is 6.59. The van der Waals surface area contributed by atoms with E-state index in [-0.39, 0.29) is 6.61 Å². The van der Waals surface area contributed by atoms with Crippen LogP contribution in [0.15, 0.2) is 11.6 Å². The van der Waals surface area contributed by atoms with E-state index in [2.05, 4.69) is 32.6 Å². The van der Waals surface area contributed by atoms with Crippen LogP contribution < -0.4 is 4.90 Å². The zero-order valence-corrected chi connectivity index (χ0v) is 13.7. The minimum absolute atomic E-state index is 0.0297. The molecule has 0 aromatic carbocycles. The minimum atomic E-state index is 0.0297. The number of fused-ring (bicyclic) bond motifs is 1. The second-order valence-corrected chi connectivity index (χ2v) is 6.49. The molecule has 0 saturated heterocycles. The highest BCUT2D eigenvalue weighted by atomic mass is 32.1. The van der Waals surface area contributed by atoms with Gasteiger partial charge in [0.05, 0.1) is 12.3 Å². The molecule has 2 aromatic rings. The summed E-state index contributed by atoms with van der Waals surface area (Å²) in [6.45, 7) is 9.90. The summed E-state index contributed by atoms with van der Waals surface area (Å²) in [5.41, 5.74) is 0.911. The highest BCUT2D eigenvalue weighted by Crippen LogP contribution is 2.28. The summed E-state index contributed by atoms with van der Waals surface area (Å²) in [5.74, 6) is 1.53. The molecule has 4 nitrogen and oxygen atoms in total. The fourth-order valence-electron chi connectivity index (χ4n) is 2.73. The molecule has 0 radical (unpaired) electrons. The van der Waals surface area contributed by atoms with E-state index in [1.54, 1.807) is 11.3 Å². The first-order valence-electron chi connectivity index (χ1n) is 7.44. The molecule has 2 heterocycles. The van der Waals surface area contributed by atoms with E-state index in [1.807, 2.05) is 16.0 Å². The maximum atomic E-state index is 9.75. The SMILES string of the molecule is CCC(CC)N(CC(C)C)c1nc2sccn2c1CO. The van der Waals surface area contributed by atoms with Crippen LogP contribution in [0.25, 0.3) is 4.96 Å². The van der Waals surface area contributed by atoms with Gasteiger partial charge in [0.25, 0.3) is 0 Å². The van der Waals surface area contributed by atoms with Crippen molar-refractivity contribution in [2.45, 2.75) is 53.2 Å². The van der Waals surface area contributed by atoms with Gasteiger partial charge in [0.15, 0.2) is 10.8 Å². The summed E-state index contributed by atoms with van der Waals surface area (Å²) >= 11 is 1.61. The molecule has 20 heavy (non-hydrogen) atoms. The van der Waals surface area contributed by atoms with Gasteiger partial charge in [-0.3, -0.25) is 4.40 Å².